The van der Waals surface area contributed by atoms with E-state index in [4.69, 9.17) is 27.9 Å². The number of hydrazone groups is 1. The summed E-state index contributed by atoms with van der Waals surface area (Å²) in [5.41, 5.74) is 4.08. The van der Waals surface area contributed by atoms with Gasteiger partial charge in [0, 0.05) is 5.02 Å². The second-order valence-electron chi connectivity index (χ2n) is 4.46. The van der Waals surface area contributed by atoms with Crippen LogP contribution in [0.25, 0.3) is 0 Å². The maximum Gasteiger partial charge on any atom is 0.277 e. The van der Waals surface area contributed by atoms with Gasteiger partial charge in [0.05, 0.1) is 10.7 Å². The molecule has 0 heterocycles. The highest BCUT2D eigenvalue weighted by Crippen LogP contribution is 2.27. The van der Waals surface area contributed by atoms with Gasteiger partial charge in [-0.2, -0.15) is 5.10 Å². The van der Waals surface area contributed by atoms with E-state index in [2.05, 4.69) is 10.5 Å². The molecule has 1 amide bonds. The molecule has 6 heteroatoms. The number of nitrogens with one attached hydrogen (secondary N) is 1. The van der Waals surface area contributed by atoms with Gasteiger partial charge in [-0.15, -0.1) is 0 Å². The third kappa shape index (κ3) is 4.76. The smallest absolute Gasteiger partial charge is 0.277 e. The lowest BCUT2D eigenvalue weighted by Gasteiger charge is -2.07. The first-order valence-electron chi connectivity index (χ1n) is 6.52. The van der Waals surface area contributed by atoms with E-state index in [1.807, 2.05) is 37.3 Å². The van der Waals surface area contributed by atoms with E-state index in [9.17, 15) is 4.79 Å². The van der Waals surface area contributed by atoms with Gasteiger partial charge in [0.15, 0.2) is 6.61 Å². The summed E-state index contributed by atoms with van der Waals surface area (Å²) in [6, 6.07) is 14.3. The minimum atomic E-state index is -0.374. The predicted molar refractivity (Wildman–Crippen MR) is 88.8 cm³/mol. The van der Waals surface area contributed by atoms with E-state index >= 15 is 0 Å². The van der Waals surface area contributed by atoms with Crippen LogP contribution in [0.15, 0.2) is 53.6 Å². The lowest BCUT2D eigenvalue weighted by atomic mass is 10.1. The topological polar surface area (TPSA) is 50.7 Å². The number of carbonyl (C=O) groups is 1. The highest BCUT2D eigenvalue weighted by Gasteiger charge is 2.06. The molecule has 0 aliphatic heterocycles. The highest BCUT2D eigenvalue weighted by atomic mass is 35.5. The largest absolute Gasteiger partial charge is 0.482 e. The number of amides is 1. The van der Waals surface area contributed by atoms with Crippen molar-refractivity contribution in [3.63, 3.8) is 0 Å². The first-order valence-corrected chi connectivity index (χ1v) is 7.28. The number of nitrogens with zero attached hydrogens (tertiary/aromatic N) is 1. The Balaban J connectivity index is 1.88. The van der Waals surface area contributed by atoms with Gasteiger partial charge in [0.25, 0.3) is 5.91 Å². The summed E-state index contributed by atoms with van der Waals surface area (Å²) in [5.74, 6) is 0.0197. The summed E-state index contributed by atoms with van der Waals surface area (Å²) in [5, 5.41) is 4.88. The van der Waals surface area contributed by atoms with Crippen LogP contribution in [0.3, 0.4) is 0 Å². The normalized spacial score (nSPS) is 11.1. The van der Waals surface area contributed by atoms with Crippen LogP contribution in [0.4, 0.5) is 0 Å². The monoisotopic (exact) mass is 336 g/mol. The SMILES string of the molecule is C/C(=N\NC(=O)COc1ccc(Cl)cc1Cl)c1ccccc1. The fourth-order valence-electron chi connectivity index (χ4n) is 1.66. The first kappa shape index (κ1) is 16.3. The van der Waals surface area contributed by atoms with Crippen LogP contribution in [-0.2, 0) is 4.79 Å². The van der Waals surface area contributed by atoms with Crippen molar-refractivity contribution in [1.29, 1.82) is 0 Å². The second kappa shape index (κ2) is 7.82. The summed E-state index contributed by atoms with van der Waals surface area (Å²) >= 11 is 11.7. The molecule has 0 atom stereocenters. The van der Waals surface area contributed by atoms with Gasteiger partial charge in [0.2, 0.25) is 0 Å². The van der Waals surface area contributed by atoms with Gasteiger partial charge in [-0.05, 0) is 30.7 Å². The van der Waals surface area contributed by atoms with E-state index in [1.54, 1.807) is 18.2 Å². The van der Waals surface area contributed by atoms with Crippen molar-refractivity contribution < 1.29 is 9.53 Å². The lowest BCUT2D eigenvalue weighted by molar-refractivity contribution is -0.123. The molecule has 0 unspecified atom stereocenters. The molecule has 4 nitrogen and oxygen atoms in total. The zero-order valence-corrected chi connectivity index (χ0v) is 13.4. The molecular formula is C16H14Cl2N2O2. The van der Waals surface area contributed by atoms with Crippen LogP contribution < -0.4 is 10.2 Å². The van der Waals surface area contributed by atoms with Crippen molar-refractivity contribution in [3.8, 4) is 5.75 Å². The number of hydrogen-bond acceptors (Lipinski definition) is 3. The van der Waals surface area contributed by atoms with Crippen LogP contribution in [0.5, 0.6) is 5.75 Å². The third-order valence-electron chi connectivity index (χ3n) is 2.79. The van der Waals surface area contributed by atoms with Gasteiger partial charge in [-0.3, -0.25) is 4.79 Å². The Morgan fingerprint density at radius 1 is 1.18 bits per heavy atom. The quantitative estimate of drug-likeness (QED) is 0.664. The fraction of sp³-hybridized carbons (Fsp3) is 0.125. The zero-order valence-electron chi connectivity index (χ0n) is 11.8. The van der Waals surface area contributed by atoms with Crippen molar-refractivity contribution in [3.05, 3.63) is 64.1 Å². The Labute approximate surface area is 138 Å². The Morgan fingerprint density at radius 2 is 1.91 bits per heavy atom. The van der Waals surface area contributed by atoms with Gasteiger partial charge in [0.1, 0.15) is 5.75 Å². The van der Waals surface area contributed by atoms with Gasteiger partial charge < -0.3 is 4.74 Å². The summed E-state index contributed by atoms with van der Waals surface area (Å²) in [7, 11) is 0. The molecule has 0 radical (unpaired) electrons. The highest BCUT2D eigenvalue weighted by molar-refractivity contribution is 6.35. The third-order valence-corrected chi connectivity index (χ3v) is 3.32. The summed E-state index contributed by atoms with van der Waals surface area (Å²) < 4.78 is 5.32. The minimum Gasteiger partial charge on any atom is -0.482 e. The molecule has 1 N–H and O–H groups in total. The van der Waals surface area contributed by atoms with Crippen LogP contribution in [0, 0.1) is 0 Å². The summed E-state index contributed by atoms with van der Waals surface area (Å²) in [6.45, 7) is 1.62. The average Bonchev–Trinajstić information content (AvgIpc) is 2.52. The summed E-state index contributed by atoms with van der Waals surface area (Å²) in [4.78, 5) is 11.7. The van der Waals surface area contributed by atoms with Crippen molar-refractivity contribution in [2.75, 3.05) is 6.61 Å². The maximum absolute atomic E-state index is 11.7. The summed E-state index contributed by atoms with van der Waals surface area (Å²) in [6.07, 6.45) is 0. The molecular weight excluding hydrogens is 323 g/mol. The van der Waals surface area contributed by atoms with Gasteiger partial charge in [-0.1, -0.05) is 53.5 Å². The van der Waals surface area contributed by atoms with Crippen LogP contribution in [-0.4, -0.2) is 18.2 Å². The number of rotatable bonds is 5. The molecule has 2 rings (SSSR count). The lowest BCUT2D eigenvalue weighted by Crippen LogP contribution is -2.25. The Kier molecular flexibility index (Phi) is 5.81. The van der Waals surface area contributed by atoms with Crippen LogP contribution >= 0.6 is 23.2 Å². The van der Waals surface area contributed by atoms with E-state index in [0.717, 1.165) is 5.56 Å². The van der Waals surface area contributed by atoms with E-state index in [-0.39, 0.29) is 12.5 Å². The Hall–Kier alpha value is -2.04. The number of carbonyl (C=O) groups excluding carboxylic acids is 1. The molecule has 0 bridgehead atoms. The van der Waals surface area contributed by atoms with Crippen molar-refractivity contribution in [2.45, 2.75) is 6.92 Å². The number of halogens is 2. The van der Waals surface area contributed by atoms with Crippen LogP contribution in [0.1, 0.15) is 12.5 Å². The maximum atomic E-state index is 11.7. The van der Waals surface area contributed by atoms with Crippen LogP contribution in [0.2, 0.25) is 10.0 Å². The van der Waals surface area contributed by atoms with Crippen molar-refractivity contribution >= 4 is 34.8 Å². The number of hydrogen-bond donors (Lipinski definition) is 1. The standard InChI is InChI=1S/C16H14Cl2N2O2/c1-11(12-5-3-2-4-6-12)19-20-16(21)10-22-15-8-7-13(17)9-14(15)18/h2-9H,10H2,1H3,(H,20,21)/b19-11+. The predicted octanol–water partition coefficient (Wildman–Crippen LogP) is 3.91. The number of benzene rings is 2. The van der Waals surface area contributed by atoms with Crippen molar-refractivity contribution in [1.82, 2.24) is 5.43 Å². The molecule has 0 saturated heterocycles. The minimum absolute atomic E-state index is 0.188. The van der Waals surface area contributed by atoms with E-state index in [0.29, 0.717) is 21.5 Å². The second-order valence-corrected chi connectivity index (χ2v) is 5.31. The molecule has 114 valence electrons. The van der Waals surface area contributed by atoms with Gasteiger partial charge in [-0.25, -0.2) is 5.43 Å². The zero-order chi connectivity index (χ0) is 15.9. The molecule has 2 aromatic carbocycles. The number of ether oxygens (including phenoxy) is 1. The molecule has 0 spiro atoms. The molecule has 0 aliphatic carbocycles. The molecule has 0 aliphatic rings. The average molecular weight is 337 g/mol. The molecule has 2 aromatic rings. The fourth-order valence-corrected chi connectivity index (χ4v) is 2.12. The molecule has 0 aromatic heterocycles. The Morgan fingerprint density at radius 3 is 2.59 bits per heavy atom. The molecule has 0 saturated carbocycles. The van der Waals surface area contributed by atoms with Crippen molar-refractivity contribution in [2.24, 2.45) is 5.10 Å². The first-order chi connectivity index (χ1) is 10.6. The van der Waals surface area contributed by atoms with E-state index < -0.39 is 0 Å². The Bertz CT molecular complexity index is 688. The molecule has 0 fully saturated rings. The van der Waals surface area contributed by atoms with E-state index in [1.165, 1.54) is 0 Å². The van der Waals surface area contributed by atoms with Gasteiger partial charge >= 0.3 is 0 Å². The molecule has 22 heavy (non-hydrogen) atoms.